The molecular formula is C23H27Cl2NO4. The molecule has 0 saturated carbocycles. The van der Waals surface area contributed by atoms with Gasteiger partial charge in [-0.3, -0.25) is 9.59 Å². The Kier molecular flexibility index (Phi) is 8.71. The molecule has 0 bridgehead atoms. The van der Waals surface area contributed by atoms with Gasteiger partial charge < -0.3 is 15.2 Å². The number of methoxy groups -OCH3 is 1. The lowest BCUT2D eigenvalue weighted by Gasteiger charge is -2.27. The van der Waals surface area contributed by atoms with Crippen molar-refractivity contribution in [1.82, 2.24) is 0 Å². The van der Waals surface area contributed by atoms with E-state index in [1.54, 1.807) is 18.2 Å². The first-order valence-electron chi connectivity index (χ1n) is 9.70. The normalized spacial score (nSPS) is 12.3. The van der Waals surface area contributed by atoms with E-state index < -0.39 is 11.9 Å². The highest BCUT2D eigenvalue weighted by atomic mass is 35.5. The van der Waals surface area contributed by atoms with Gasteiger partial charge in [-0.05, 0) is 56.5 Å². The molecule has 0 unspecified atom stereocenters. The van der Waals surface area contributed by atoms with Gasteiger partial charge in [-0.25, -0.2) is 0 Å². The van der Waals surface area contributed by atoms with Crippen LogP contribution in [-0.2, 0) is 16.0 Å². The van der Waals surface area contributed by atoms with Crippen molar-refractivity contribution >= 4 is 40.6 Å². The predicted molar refractivity (Wildman–Crippen MR) is 120 cm³/mol. The molecule has 0 heterocycles. The third kappa shape index (κ3) is 6.73. The number of hydrogen-bond acceptors (Lipinski definition) is 5. The van der Waals surface area contributed by atoms with Crippen molar-refractivity contribution in [3.05, 3.63) is 63.6 Å². The van der Waals surface area contributed by atoms with E-state index >= 15 is 0 Å². The molecule has 0 amide bonds. The van der Waals surface area contributed by atoms with E-state index in [2.05, 4.69) is 5.32 Å². The molecule has 2 N–H and O–H groups in total. The maximum Gasteiger partial charge on any atom is 0.309 e. The number of halogens is 2. The van der Waals surface area contributed by atoms with Crippen LogP contribution >= 0.6 is 23.2 Å². The molecule has 0 fully saturated rings. The lowest BCUT2D eigenvalue weighted by atomic mass is 9.92. The van der Waals surface area contributed by atoms with Gasteiger partial charge in [0, 0.05) is 24.3 Å². The highest BCUT2D eigenvalue weighted by Crippen LogP contribution is 2.28. The number of carbonyl (C=O) groups is 2. The number of anilines is 1. The fourth-order valence-corrected chi connectivity index (χ4v) is 3.85. The van der Waals surface area contributed by atoms with E-state index in [0.717, 1.165) is 11.3 Å². The minimum atomic E-state index is -0.653. The Balaban J connectivity index is 2.13. The molecular weight excluding hydrogens is 425 g/mol. The number of ketones is 1. The molecule has 162 valence electrons. The van der Waals surface area contributed by atoms with Crippen LogP contribution in [0.4, 0.5) is 5.69 Å². The summed E-state index contributed by atoms with van der Waals surface area (Å²) in [6, 6.07) is 12.5. The maximum atomic E-state index is 12.8. The summed E-state index contributed by atoms with van der Waals surface area (Å²) >= 11 is 12.3. The zero-order valence-corrected chi connectivity index (χ0v) is 18.9. The van der Waals surface area contributed by atoms with E-state index in [0.29, 0.717) is 12.8 Å². The average Bonchev–Trinajstić information content (AvgIpc) is 2.67. The van der Waals surface area contributed by atoms with Gasteiger partial charge in [0.1, 0.15) is 0 Å². The summed E-state index contributed by atoms with van der Waals surface area (Å²) < 4.78 is 4.91. The Morgan fingerprint density at radius 1 is 1.10 bits per heavy atom. The van der Waals surface area contributed by atoms with Crippen LogP contribution in [0.25, 0.3) is 0 Å². The van der Waals surface area contributed by atoms with Crippen molar-refractivity contribution in [3.8, 4) is 0 Å². The summed E-state index contributed by atoms with van der Waals surface area (Å²) in [5, 5.41) is 13.0. The van der Waals surface area contributed by atoms with Gasteiger partial charge in [0.15, 0.2) is 5.78 Å². The Morgan fingerprint density at radius 3 is 2.23 bits per heavy atom. The van der Waals surface area contributed by atoms with Crippen molar-refractivity contribution < 1.29 is 19.4 Å². The lowest BCUT2D eigenvalue weighted by Crippen LogP contribution is -2.31. The van der Waals surface area contributed by atoms with Crippen molar-refractivity contribution in [1.29, 1.82) is 0 Å². The molecule has 0 saturated heterocycles. The molecule has 7 heteroatoms. The van der Waals surface area contributed by atoms with E-state index in [4.69, 9.17) is 33.0 Å². The van der Waals surface area contributed by atoms with Gasteiger partial charge in [-0.15, -0.1) is 0 Å². The van der Waals surface area contributed by atoms with E-state index in [1.165, 1.54) is 7.11 Å². The molecule has 0 aliphatic rings. The van der Waals surface area contributed by atoms with Crippen molar-refractivity contribution in [3.63, 3.8) is 0 Å². The predicted octanol–water partition coefficient (Wildman–Crippen LogP) is 5.17. The molecule has 1 atom stereocenters. The smallest absolute Gasteiger partial charge is 0.309 e. The van der Waals surface area contributed by atoms with Crippen molar-refractivity contribution in [2.24, 2.45) is 5.92 Å². The number of esters is 1. The fraction of sp³-hybridized carbons (Fsp3) is 0.391. The highest BCUT2D eigenvalue weighted by molar-refractivity contribution is 6.39. The number of carbonyl (C=O) groups excluding carboxylic acids is 2. The first-order chi connectivity index (χ1) is 14.2. The summed E-state index contributed by atoms with van der Waals surface area (Å²) in [5.41, 5.74) is 1.78. The highest BCUT2D eigenvalue weighted by Gasteiger charge is 2.26. The second kappa shape index (κ2) is 10.8. The van der Waals surface area contributed by atoms with Gasteiger partial charge in [-0.2, -0.15) is 0 Å². The van der Waals surface area contributed by atoms with Crippen LogP contribution in [0.15, 0.2) is 42.5 Å². The molecule has 2 rings (SSSR count). The Labute approximate surface area is 187 Å². The first kappa shape index (κ1) is 24.2. The fourth-order valence-electron chi connectivity index (χ4n) is 3.24. The van der Waals surface area contributed by atoms with Crippen LogP contribution in [-0.4, -0.2) is 36.1 Å². The zero-order chi connectivity index (χ0) is 22.3. The third-order valence-electron chi connectivity index (χ3n) is 4.86. The van der Waals surface area contributed by atoms with Gasteiger partial charge >= 0.3 is 5.97 Å². The number of aliphatic hydroxyl groups is 1. The SMILES string of the molecule is COC(=O)[C@@H](CC(=O)c1c(Cl)cccc1Cl)Cc1ccc(NC(C)(C)CCO)cc1. The summed E-state index contributed by atoms with van der Waals surface area (Å²) in [6.07, 6.45) is 0.909. The van der Waals surface area contributed by atoms with Gasteiger partial charge in [0.05, 0.1) is 28.6 Å². The van der Waals surface area contributed by atoms with Crippen LogP contribution < -0.4 is 5.32 Å². The van der Waals surface area contributed by atoms with Crippen LogP contribution in [0.5, 0.6) is 0 Å². The molecule has 30 heavy (non-hydrogen) atoms. The molecule has 0 aromatic heterocycles. The molecule has 5 nitrogen and oxygen atoms in total. The lowest BCUT2D eigenvalue weighted by molar-refractivity contribution is -0.145. The van der Waals surface area contributed by atoms with E-state index in [9.17, 15) is 9.59 Å². The number of ether oxygens (including phenoxy) is 1. The summed E-state index contributed by atoms with van der Waals surface area (Å²) in [4.78, 5) is 25.1. The van der Waals surface area contributed by atoms with Crippen molar-refractivity contribution in [2.45, 2.75) is 38.6 Å². The Morgan fingerprint density at radius 2 is 1.70 bits per heavy atom. The second-order valence-corrected chi connectivity index (χ2v) is 8.64. The standard InChI is InChI=1S/C23H27Cl2NO4/c1-23(2,11-12-27)26-17-9-7-15(8-10-17)13-16(22(29)30-3)14-20(28)21-18(24)5-4-6-19(21)25/h4-10,16,26-27H,11-14H2,1-3H3/t16-/m1/s1. The average molecular weight is 452 g/mol. The van der Waals surface area contributed by atoms with Crippen LogP contribution in [0, 0.1) is 5.92 Å². The molecule has 0 aliphatic carbocycles. The Hall–Kier alpha value is -2.08. The van der Waals surface area contributed by atoms with Crippen LogP contribution in [0.3, 0.4) is 0 Å². The third-order valence-corrected chi connectivity index (χ3v) is 5.49. The number of Topliss-reactive ketones (excluding diaryl/α,β-unsaturated/α-hetero) is 1. The number of benzene rings is 2. The van der Waals surface area contributed by atoms with Gasteiger partial charge in [-0.1, -0.05) is 41.4 Å². The summed E-state index contributed by atoms with van der Waals surface area (Å²) in [7, 11) is 1.30. The van der Waals surface area contributed by atoms with Crippen LogP contribution in [0.1, 0.15) is 42.6 Å². The second-order valence-electron chi connectivity index (χ2n) is 7.83. The number of rotatable bonds is 10. The molecule has 0 aliphatic heterocycles. The van der Waals surface area contributed by atoms with Gasteiger partial charge in [0.2, 0.25) is 0 Å². The molecule has 2 aromatic rings. The number of aliphatic hydroxyl groups excluding tert-OH is 1. The summed E-state index contributed by atoms with van der Waals surface area (Å²) in [5.74, 6) is -1.41. The Bertz CT molecular complexity index is 861. The zero-order valence-electron chi connectivity index (χ0n) is 17.4. The minimum Gasteiger partial charge on any atom is -0.469 e. The summed E-state index contributed by atoms with van der Waals surface area (Å²) in [6.45, 7) is 4.12. The molecule has 0 radical (unpaired) electrons. The molecule has 2 aromatic carbocycles. The topological polar surface area (TPSA) is 75.6 Å². The number of nitrogens with one attached hydrogen (secondary N) is 1. The van der Waals surface area contributed by atoms with Crippen molar-refractivity contribution in [2.75, 3.05) is 19.0 Å². The largest absolute Gasteiger partial charge is 0.469 e. The van der Waals surface area contributed by atoms with Crippen LogP contribution in [0.2, 0.25) is 10.0 Å². The van der Waals surface area contributed by atoms with E-state index in [1.807, 2.05) is 38.1 Å². The van der Waals surface area contributed by atoms with Gasteiger partial charge in [0.25, 0.3) is 0 Å². The quantitative estimate of drug-likeness (QED) is 0.384. The maximum absolute atomic E-state index is 12.8. The number of hydrogen-bond donors (Lipinski definition) is 2. The molecule has 0 spiro atoms. The monoisotopic (exact) mass is 451 g/mol. The first-order valence-corrected chi connectivity index (χ1v) is 10.5. The van der Waals surface area contributed by atoms with E-state index in [-0.39, 0.29) is 40.0 Å². The minimum absolute atomic E-state index is 0.0559.